The van der Waals surface area contributed by atoms with Gasteiger partial charge in [0.15, 0.2) is 0 Å². The van der Waals surface area contributed by atoms with Gasteiger partial charge in [-0.1, -0.05) is 5.92 Å². The Morgan fingerprint density at radius 2 is 2.31 bits per heavy atom. The molecule has 0 fully saturated rings. The molecule has 0 atom stereocenters. The van der Waals surface area contributed by atoms with Crippen molar-refractivity contribution in [3.63, 3.8) is 0 Å². The molecule has 2 rings (SSSR count). The van der Waals surface area contributed by atoms with Crippen molar-refractivity contribution < 1.29 is 0 Å². The summed E-state index contributed by atoms with van der Waals surface area (Å²) in [5.41, 5.74) is 0.384. The number of benzene rings is 1. The molecule has 0 aliphatic heterocycles. The van der Waals surface area contributed by atoms with Crippen molar-refractivity contribution in [2.45, 2.75) is 6.54 Å². The van der Waals surface area contributed by atoms with E-state index >= 15 is 0 Å². The first kappa shape index (κ1) is 11.4. The quantitative estimate of drug-likeness (QED) is 0.452. The molecule has 0 aliphatic carbocycles. The van der Waals surface area contributed by atoms with Crippen LogP contribution in [0.25, 0.3) is 10.9 Å². The lowest BCUT2D eigenvalue weighted by Gasteiger charge is -2.05. The normalized spacial score (nSPS) is 10.3. The molecule has 1 aromatic heterocycles. The molecule has 16 heavy (non-hydrogen) atoms. The Bertz CT molecular complexity index is 657. The van der Waals surface area contributed by atoms with Gasteiger partial charge in [0.1, 0.15) is 0 Å². The van der Waals surface area contributed by atoms with Crippen LogP contribution in [-0.4, -0.2) is 9.55 Å². The molecular weight excluding hydrogens is 338 g/mol. The predicted octanol–water partition coefficient (Wildman–Crippen LogP) is 2.29. The molecule has 0 saturated carbocycles. The molecule has 1 aromatic carbocycles. The number of hydrogen-bond donors (Lipinski definition) is 0. The van der Waals surface area contributed by atoms with Crippen LogP contribution in [0.1, 0.15) is 0 Å². The maximum Gasteiger partial charge on any atom is 0.263 e. The van der Waals surface area contributed by atoms with Gasteiger partial charge in [-0.15, -0.1) is 6.42 Å². The molecule has 1 heterocycles. The van der Waals surface area contributed by atoms with Crippen LogP contribution in [-0.2, 0) is 6.54 Å². The minimum atomic E-state index is -0.202. The molecule has 0 bridgehead atoms. The SMILES string of the molecule is C#CCn1c(Cl)nc2ccc(I)cc2c1=O. The maximum atomic E-state index is 12.0. The lowest BCUT2D eigenvalue weighted by molar-refractivity contribution is 0.784. The lowest BCUT2D eigenvalue weighted by atomic mass is 10.2. The number of fused-ring (bicyclic) bond motifs is 1. The highest BCUT2D eigenvalue weighted by atomic mass is 127. The minimum absolute atomic E-state index is 0.122. The zero-order valence-electron chi connectivity index (χ0n) is 8.08. The van der Waals surface area contributed by atoms with Crippen molar-refractivity contribution in [2.24, 2.45) is 0 Å². The van der Waals surface area contributed by atoms with Crippen LogP contribution in [0.4, 0.5) is 0 Å². The smallest absolute Gasteiger partial charge is 0.263 e. The molecule has 0 spiro atoms. The second kappa shape index (κ2) is 4.44. The molecule has 5 heteroatoms. The van der Waals surface area contributed by atoms with Gasteiger partial charge in [-0.25, -0.2) is 4.98 Å². The summed E-state index contributed by atoms with van der Waals surface area (Å²) >= 11 is 8.02. The summed E-state index contributed by atoms with van der Waals surface area (Å²) in [5, 5.41) is 0.656. The Balaban J connectivity index is 2.86. The van der Waals surface area contributed by atoms with Gasteiger partial charge in [0.05, 0.1) is 17.4 Å². The summed E-state index contributed by atoms with van der Waals surface area (Å²) < 4.78 is 2.25. The van der Waals surface area contributed by atoms with E-state index in [1.54, 1.807) is 12.1 Å². The van der Waals surface area contributed by atoms with Crippen LogP contribution in [0.2, 0.25) is 5.28 Å². The summed E-state index contributed by atoms with van der Waals surface area (Å²) in [6.45, 7) is 0.131. The van der Waals surface area contributed by atoms with Gasteiger partial charge in [-0.2, -0.15) is 0 Å². The fourth-order valence-corrected chi connectivity index (χ4v) is 2.11. The topological polar surface area (TPSA) is 34.9 Å². The van der Waals surface area contributed by atoms with Crippen molar-refractivity contribution in [1.29, 1.82) is 0 Å². The summed E-state index contributed by atoms with van der Waals surface area (Å²) in [7, 11) is 0. The van der Waals surface area contributed by atoms with Gasteiger partial charge < -0.3 is 0 Å². The molecule has 0 saturated heterocycles. The fraction of sp³-hybridized carbons (Fsp3) is 0.0909. The van der Waals surface area contributed by atoms with E-state index in [0.29, 0.717) is 10.9 Å². The molecule has 0 N–H and O–H groups in total. The van der Waals surface area contributed by atoms with Crippen LogP contribution in [0, 0.1) is 15.9 Å². The Hall–Kier alpha value is -1.06. The van der Waals surface area contributed by atoms with Crippen LogP contribution in [0.3, 0.4) is 0 Å². The highest BCUT2D eigenvalue weighted by Gasteiger charge is 2.08. The number of aromatic nitrogens is 2. The van der Waals surface area contributed by atoms with Crippen LogP contribution in [0.5, 0.6) is 0 Å². The van der Waals surface area contributed by atoms with Crippen LogP contribution >= 0.6 is 34.2 Å². The number of halogens is 2. The van der Waals surface area contributed by atoms with Crippen molar-refractivity contribution in [2.75, 3.05) is 0 Å². The first-order chi connectivity index (χ1) is 7.63. The number of terminal acetylenes is 1. The first-order valence-corrected chi connectivity index (χ1v) is 5.88. The zero-order valence-corrected chi connectivity index (χ0v) is 11.0. The second-order valence-electron chi connectivity index (χ2n) is 3.14. The first-order valence-electron chi connectivity index (χ1n) is 4.42. The molecule has 0 amide bonds. The van der Waals surface area contributed by atoms with E-state index < -0.39 is 0 Å². The largest absolute Gasteiger partial charge is 0.271 e. The van der Waals surface area contributed by atoms with Gasteiger partial charge in [-0.3, -0.25) is 9.36 Å². The summed E-state index contributed by atoms with van der Waals surface area (Å²) in [4.78, 5) is 16.2. The monoisotopic (exact) mass is 344 g/mol. The van der Waals surface area contributed by atoms with Gasteiger partial charge in [0, 0.05) is 3.57 Å². The van der Waals surface area contributed by atoms with Crippen molar-refractivity contribution in [1.82, 2.24) is 9.55 Å². The third-order valence-electron chi connectivity index (χ3n) is 2.12. The molecule has 0 aliphatic rings. The number of nitrogens with zero attached hydrogens (tertiary/aromatic N) is 2. The van der Waals surface area contributed by atoms with E-state index in [2.05, 4.69) is 33.5 Å². The Kier molecular flexibility index (Phi) is 3.17. The van der Waals surface area contributed by atoms with Crippen LogP contribution in [0.15, 0.2) is 23.0 Å². The average molecular weight is 345 g/mol. The maximum absolute atomic E-state index is 12.0. The highest BCUT2D eigenvalue weighted by Crippen LogP contribution is 2.14. The molecule has 0 radical (unpaired) electrons. The molecule has 2 aromatic rings. The van der Waals surface area contributed by atoms with E-state index in [-0.39, 0.29) is 17.4 Å². The van der Waals surface area contributed by atoms with Gasteiger partial charge in [-0.05, 0) is 52.4 Å². The molecule has 0 unspecified atom stereocenters. The molecular formula is C11H6ClIN2O. The van der Waals surface area contributed by atoms with Gasteiger partial charge in [0.2, 0.25) is 5.28 Å². The predicted molar refractivity (Wildman–Crippen MR) is 72.6 cm³/mol. The highest BCUT2D eigenvalue weighted by molar-refractivity contribution is 14.1. The summed E-state index contributed by atoms with van der Waals surface area (Å²) in [6, 6.07) is 5.41. The van der Waals surface area contributed by atoms with Gasteiger partial charge in [0.25, 0.3) is 5.56 Å². The number of hydrogen-bond acceptors (Lipinski definition) is 2. The number of rotatable bonds is 1. The molecule has 80 valence electrons. The van der Waals surface area contributed by atoms with Crippen molar-refractivity contribution in [3.8, 4) is 12.3 Å². The van der Waals surface area contributed by atoms with E-state index in [9.17, 15) is 4.79 Å². The van der Waals surface area contributed by atoms with E-state index in [1.807, 2.05) is 6.07 Å². The Morgan fingerprint density at radius 3 is 3.00 bits per heavy atom. The minimum Gasteiger partial charge on any atom is -0.271 e. The third-order valence-corrected chi connectivity index (χ3v) is 3.08. The molecule has 3 nitrogen and oxygen atoms in total. The average Bonchev–Trinajstić information content (AvgIpc) is 2.26. The van der Waals surface area contributed by atoms with Crippen molar-refractivity contribution in [3.05, 3.63) is 37.4 Å². The van der Waals surface area contributed by atoms with E-state index in [4.69, 9.17) is 18.0 Å². The zero-order chi connectivity index (χ0) is 11.7. The standard InChI is InChI=1S/C11H6ClIN2O/c1-2-5-15-10(16)8-6-7(13)3-4-9(8)14-11(15)12/h1,3-4,6H,5H2. The Morgan fingerprint density at radius 1 is 1.56 bits per heavy atom. The second-order valence-corrected chi connectivity index (χ2v) is 4.72. The summed E-state index contributed by atoms with van der Waals surface area (Å²) in [5.74, 6) is 2.38. The van der Waals surface area contributed by atoms with Crippen LogP contribution < -0.4 is 5.56 Å². The van der Waals surface area contributed by atoms with E-state index in [0.717, 1.165) is 3.57 Å². The summed E-state index contributed by atoms with van der Waals surface area (Å²) in [6.07, 6.45) is 5.17. The lowest BCUT2D eigenvalue weighted by Crippen LogP contribution is -2.21. The van der Waals surface area contributed by atoms with Gasteiger partial charge >= 0.3 is 0 Å². The Labute approximate surface area is 111 Å². The third kappa shape index (κ3) is 1.93. The van der Waals surface area contributed by atoms with Crippen molar-refractivity contribution >= 4 is 45.1 Å². The fourth-order valence-electron chi connectivity index (χ4n) is 1.39. The van der Waals surface area contributed by atoms with E-state index in [1.165, 1.54) is 4.57 Å².